The Morgan fingerprint density at radius 3 is 2.75 bits per heavy atom. The minimum absolute atomic E-state index is 0.137. The van der Waals surface area contributed by atoms with E-state index >= 15 is 0 Å². The van der Waals surface area contributed by atoms with Gasteiger partial charge in [-0.1, -0.05) is 12.1 Å². The number of nitrogen functional groups attached to an aromatic ring is 1. The lowest BCUT2D eigenvalue weighted by Crippen LogP contribution is -2.48. The molecule has 0 radical (unpaired) electrons. The number of nitrogens with zero attached hydrogens (tertiary/aromatic N) is 2. The summed E-state index contributed by atoms with van der Waals surface area (Å²) in [5.74, 6) is 0. The number of carbonyl (C=O) groups excluding carboxylic acids is 1. The minimum Gasteiger partial charge on any atom is -0.399 e. The van der Waals surface area contributed by atoms with Gasteiger partial charge in [0.2, 0.25) is 0 Å². The molecule has 0 spiro atoms. The molecule has 2 N–H and O–H groups in total. The van der Waals surface area contributed by atoms with E-state index in [2.05, 4.69) is 0 Å². The SMILES string of the molecule is Nc1cccc(CN(C(=O)N2CCOCC2)C2CC2)c1. The molecule has 0 aromatic heterocycles. The standard InChI is InChI=1S/C15H21N3O2/c16-13-3-1-2-12(10-13)11-18(14-4-5-14)15(19)17-6-8-20-9-7-17/h1-3,10,14H,4-9,11,16H2. The highest BCUT2D eigenvalue weighted by Crippen LogP contribution is 2.29. The van der Waals surface area contributed by atoms with Crippen LogP contribution in [0.5, 0.6) is 0 Å². The Hall–Kier alpha value is -1.75. The summed E-state index contributed by atoms with van der Waals surface area (Å²) in [4.78, 5) is 16.5. The first-order chi connectivity index (χ1) is 9.74. The zero-order valence-electron chi connectivity index (χ0n) is 11.6. The lowest BCUT2D eigenvalue weighted by Gasteiger charge is -2.33. The monoisotopic (exact) mass is 275 g/mol. The first-order valence-corrected chi connectivity index (χ1v) is 7.22. The highest BCUT2D eigenvalue weighted by molar-refractivity contribution is 5.75. The second kappa shape index (κ2) is 5.71. The second-order valence-electron chi connectivity index (χ2n) is 5.49. The molecule has 1 saturated carbocycles. The molecular formula is C15H21N3O2. The van der Waals surface area contributed by atoms with Gasteiger partial charge in [0.25, 0.3) is 0 Å². The first kappa shape index (κ1) is 13.2. The van der Waals surface area contributed by atoms with Gasteiger partial charge in [-0.25, -0.2) is 4.79 Å². The lowest BCUT2D eigenvalue weighted by atomic mass is 10.2. The molecule has 0 unspecified atom stereocenters. The fourth-order valence-corrected chi connectivity index (χ4v) is 2.56. The highest BCUT2D eigenvalue weighted by Gasteiger charge is 2.35. The molecule has 1 aromatic carbocycles. The Bertz CT molecular complexity index is 482. The molecule has 1 aromatic rings. The van der Waals surface area contributed by atoms with Crippen LogP contribution in [-0.4, -0.2) is 48.2 Å². The molecule has 20 heavy (non-hydrogen) atoms. The Labute approximate surface area is 119 Å². The molecule has 1 saturated heterocycles. The molecule has 2 amide bonds. The largest absolute Gasteiger partial charge is 0.399 e. The number of rotatable bonds is 3. The van der Waals surface area contributed by atoms with Crippen LogP contribution in [0.3, 0.4) is 0 Å². The van der Waals surface area contributed by atoms with Gasteiger partial charge >= 0.3 is 6.03 Å². The molecular weight excluding hydrogens is 254 g/mol. The number of carbonyl (C=O) groups is 1. The van der Waals surface area contributed by atoms with Crippen molar-refractivity contribution in [2.45, 2.75) is 25.4 Å². The topological polar surface area (TPSA) is 58.8 Å². The molecule has 0 atom stereocenters. The first-order valence-electron chi connectivity index (χ1n) is 7.22. The maximum absolute atomic E-state index is 12.6. The predicted molar refractivity (Wildman–Crippen MR) is 77.2 cm³/mol. The van der Waals surface area contributed by atoms with E-state index < -0.39 is 0 Å². The van der Waals surface area contributed by atoms with Crippen molar-refractivity contribution in [3.8, 4) is 0 Å². The molecule has 3 rings (SSSR count). The Morgan fingerprint density at radius 2 is 2.10 bits per heavy atom. The Balaban J connectivity index is 1.70. The van der Waals surface area contributed by atoms with Gasteiger partial charge in [0.1, 0.15) is 0 Å². The molecule has 0 bridgehead atoms. The van der Waals surface area contributed by atoms with E-state index in [1.54, 1.807) is 0 Å². The number of nitrogens with two attached hydrogens (primary N) is 1. The maximum Gasteiger partial charge on any atom is 0.320 e. The normalized spacial score (nSPS) is 18.9. The van der Waals surface area contributed by atoms with Crippen LogP contribution in [0.15, 0.2) is 24.3 Å². The van der Waals surface area contributed by atoms with Gasteiger partial charge in [0, 0.05) is 31.4 Å². The summed E-state index contributed by atoms with van der Waals surface area (Å²) in [5, 5.41) is 0. The van der Waals surface area contributed by atoms with E-state index in [0.29, 0.717) is 38.9 Å². The maximum atomic E-state index is 12.6. The third kappa shape index (κ3) is 3.04. The minimum atomic E-state index is 0.137. The smallest absolute Gasteiger partial charge is 0.320 e. The van der Waals surface area contributed by atoms with E-state index in [1.807, 2.05) is 34.1 Å². The molecule has 108 valence electrons. The molecule has 1 aliphatic carbocycles. The summed E-state index contributed by atoms with van der Waals surface area (Å²) >= 11 is 0. The van der Waals surface area contributed by atoms with Gasteiger partial charge in [0.05, 0.1) is 13.2 Å². The number of hydrogen-bond acceptors (Lipinski definition) is 3. The second-order valence-corrected chi connectivity index (χ2v) is 5.49. The van der Waals surface area contributed by atoms with Gasteiger partial charge in [-0.05, 0) is 30.5 Å². The summed E-state index contributed by atoms with van der Waals surface area (Å²) in [5.41, 5.74) is 7.66. The van der Waals surface area contributed by atoms with Crippen molar-refractivity contribution in [1.29, 1.82) is 0 Å². The van der Waals surface area contributed by atoms with E-state index in [4.69, 9.17) is 10.5 Å². The lowest BCUT2D eigenvalue weighted by molar-refractivity contribution is 0.0418. The van der Waals surface area contributed by atoms with Gasteiger partial charge in [-0.3, -0.25) is 0 Å². The number of morpholine rings is 1. The Morgan fingerprint density at radius 1 is 1.35 bits per heavy atom. The zero-order chi connectivity index (χ0) is 13.9. The summed E-state index contributed by atoms with van der Waals surface area (Å²) in [6, 6.07) is 8.31. The van der Waals surface area contributed by atoms with Crippen LogP contribution in [-0.2, 0) is 11.3 Å². The van der Waals surface area contributed by atoms with Crippen molar-refractivity contribution in [2.75, 3.05) is 32.0 Å². The van der Waals surface area contributed by atoms with Crippen LogP contribution in [0.2, 0.25) is 0 Å². The van der Waals surface area contributed by atoms with Gasteiger partial charge < -0.3 is 20.3 Å². The average Bonchev–Trinajstić information content (AvgIpc) is 3.30. The van der Waals surface area contributed by atoms with Crippen LogP contribution >= 0.6 is 0 Å². The molecule has 5 nitrogen and oxygen atoms in total. The Kier molecular flexibility index (Phi) is 3.78. The van der Waals surface area contributed by atoms with Crippen molar-refractivity contribution in [3.63, 3.8) is 0 Å². The molecule has 5 heteroatoms. The fraction of sp³-hybridized carbons (Fsp3) is 0.533. The molecule has 2 aliphatic rings. The number of hydrogen-bond donors (Lipinski definition) is 1. The van der Waals surface area contributed by atoms with E-state index in [9.17, 15) is 4.79 Å². The third-order valence-electron chi connectivity index (χ3n) is 3.82. The van der Waals surface area contributed by atoms with Crippen LogP contribution in [0.4, 0.5) is 10.5 Å². The van der Waals surface area contributed by atoms with Gasteiger partial charge in [-0.15, -0.1) is 0 Å². The van der Waals surface area contributed by atoms with E-state index in [1.165, 1.54) is 0 Å². The summed E-state index contributed by atoms with van der Waals surface area (Å²) in [6.45, 7) is 3.31. The van der Waals surface area contributed by atoms with E-state index in [-0.39, 0.29) is 6.03 Å². The molecule has 1 heterocycles. The van der Waals surface area contributed by atoms with E-state index in [0.717, 1.165) is 24.1 Å². The number of urea groups is 1. The molecule has 1 aliphatic heterocycles. The van der Waals surface area contributed by atoms with Crippen LogP contribution < -0.4 is 5.73 Å². The summed E-state index contributed by atoms with van der Waals surface area (Å²) in [7, 11) is 0. The zero-order valence-corrected chi connectivity index (χ0v) is 11.6. The van der Waals surface area contributed by atoms with Crippen molar-refractivity contribution >= 4 is 11.7 Å². The fourth-order valence-electron chi connectivity index (χ4n) is 2.56. The van der Waals surface area contributed by atoms with Crippen LogP contribution in [0.1, 0.15) is 18.4 Å². The average molecular weight is 275 g/mol. The predicted octanol–water partition coefficient (Wildman–Crippen LogP) is 1.69. The molecule has 2 fully saturated rings. The third-order valence-corrected chi connectivity index (χ3v) is 3.82. The van der Waals surface area contributed by atoms with Crippen molar-refractivity contribution < 1.29 is 9.53 Å². The van der Waals surface area contributed by atoms with Crippen molar-refractivity contribution in [2.24, 2.45) is 0 Å². The number of amides is 2. The quantitative estimate of drug-likeness (QED) is 0.854. The van der Waals surface area contributed by atoms with Gasteiger partial charge in [0.15, 0.2) is 0 Å². The van der Waals surface area contributed by atoms with Gasteiger partial charge in [-0.2, -0.15) is 0 Å². The number of benzene rings is 1. The van der Waals surface area contributed by atoms with Crippen molar-refractivity contribution in [3.05, 3.63) is 29.8 Å². The van der Waals surface area contributed by atoms with Crippen molar-refractivity contribution in [1.82, 2.24) is 9.80 Å². The summed E-state index contributed by atoms with van der Waals surface area (Å²) < 4.78 is 5.31. The number of anilines is 1. The summed E-state index contributed by atoms with van der Waals surface area (Å²) in [6.07, 6.45) is 2.22. The highest BCUT2D eigenvalue weighted by atomic mass is 16.5. The van der Waals surface area contributed by atoms with Crippen LogP contribution in [0, 0.1) is 0 Å². The number of ether oxygens (including phenoxy) is 1. The van der Waals surface area contributed by atoms with Crippen LogP contribution in [0.25, 0.3) is 0 Å².